The molecular weight excluding hydrogens is 294 g/mol. The van der Waals surface area contributed by atoms with Gasteiger partial charge in [-0.2, -0.15) is 5.26 Å². The van der Waals surface area contributed by atoms with E-state index in [0.717, 1.165) is 0 Å². The summed E-state index contributed by atoms with van der Waals surface area (Å²) >= 11 is 0. The van der Waals surface area contributed by atoms with Crippen molar-refractivity contribution in [2.45, 2.75) is 18.1 Å². The lowest BCUT2D eigenvalue weighted by Gasteiger charge is -2.02. The predicted molar refractivity (Wildman–Crippen MR) is 72.7 cm³/mol. The first kappa shape index (κ1) is 13.9. The highest BCUT2D eigenvalue weighted by atomic mass is 32.2. The molecule has 0 radical (unpaired) electrons. The number of ether oxygens (including phenoxy) is 2. The van der Waals surface area contributed by atoms with Crippen molar-refractivity contribution >= 4 is 16.1 Å². The quantitative estimate of drug-likeness (QED) is 0.771. The molecule has 1 aliphatic carbocycles. The SMILES string of the molecule is CCS(=O)(=O)C1C(c2ccc3c(c2)OCO3)C1(C#N)C=O. The molecule has 0 N–H and O–H groups in total. The Balaban J connectivity index is 2.05. The molecule has 0 amide bonds. The van der Waals surface area contributed by atoms with Gasteiger partial charge in [-0.25, -0.2) is 8.42 Å². The van der Waals surface area contributed by atoms with E-state index in [1.54, 1.807) is 18.2 Å². The van der Waals surface area contributed by atoms with Gasteiger partial charge in [-0.15, -0.1) is 0 Å². The summed E-state index contributed by atoms with van der Waals surface area (Å²) < 4.78 is 34.7. The number of carbonyl (C=O) groups is 1. The fourth-order valence-electron chi connectivity index (χ4n) is 2.92. The lowest BCUT2D eigenvalue weighted by atomic mass is 10.0. The van der Waals surface area contributed by atoms with Crippen LogP contribution in [0.15, 0.2) is 18.2 Å². The van der Waals surface area contributed by atoms with E-state index in [9.17, 15) is 18.5 Å². The van der Waals surface area contributed by atoms with Crippen LogP contribution in [0.1, 0.15) is 18.4 Å². The first-order valence-electron chi connectivity index (χ1n) is 6.49. The molecular formula is C14H13NO5S. The average Bonchev–Trinajstić information content (AvgIpc) is 2.98. The van der Waals surface area contributed by atoms with Gasteiger partial charge >= 0.3 is 0 Å². The van der Waals surface area contributed by atoms with Crippen LogP contribution in [0, 0.1) is 16.7 Å². The zero-order valence-corrected chi connectivity index (χ0v) is 12.1. The van der Waals surface area contributed by atoms with Gasteiger partial charge in [0, 0.05) is 11.7 Å². The van der Waals surface area contributed by atoms with Gasteiger partial charge < -0.3 is 14.3 Å². The van der Waals surface area contributed by atoms with Gasteiger partial charge in [-0.1, -0.05) is 13.0 Å². The van der Waals surface area contributed by atoms with E-state index in [-0.39, 0.29) is 12.5 Å². The van der Waals surface area contributed by atoms with Crippen LogP contribution in [0.25, 0.3) is 0 Å². The summed E-state index contributed by atoms with van der Waals surface area (Å²) in [6.07, 6.45) is 0.458. The highest BCUT2D eigenvalue weighted by Gasteiger charge is 2.72. The monoisotopic (exact) mass is 307 g/mol. The maximum absolute atomic E-state index is 12.1. The Hall–Kier alpha value is -2.07. The Morgan fingerprint density at radius 2 is 2.14 bits per heavy atom. The third kappa shape index (κ3) is 1.83. The first-order valence-corrected chi connectivity index (χ1v) is 8.20. The standard InChI is InChI=1S/C14H13NO5S/c1-2-21(17,18)13-12(14(13,6-15)7-16)9-3-4-10-11(5-9)20-8-19-10/h3-5,7,12-13H,2,8H2,1H3. The number of fused-ring (bicyclic) bond motifs is 1. The summed E-state index contributed by atoms with van der Waals surface area (Å²) in [5, 5.41) is 8.32. The number of nitrogens with zero attached hydrogens (tertiary/aromatic N) is 1. The molecule has 3 unspecified atom stereocenters. The van der Waals surface area contributed by atoms with Crippen molar-refractivity contribution in [2.24, 2.45) is 5.41 Å². The molecule has 6 nitrogen and oxygen atoms in total. The van der Waals surface area contributed by atoms with Crippen LogP contribution in [0.4, 0.5) is 0 Å². The van der Waals surface area contributed by atoms with E-state index in [2.05, 4.69) is 0 Å². The van der Waals surface area contributed by atoms with Crippen LogP contribution in [-0.2, 0) is 14.6 Å². The normalized spacial score (nSPS) is 29.7. The molecule has 2 aliphatic rings. The number of hydrogen-bond donors (Lipinski definition) is 0. The summed E-state index contributed by atoms with van der Waals surface area (Å²) in [5.41, 5.74) is -0.891. The van der Waals surface area contributed by atoms with Crippen molar-refractivity contribution < 1.29 is 22.7 Å². The summed E-state index contributed by atoms with van der Waals surface area (Å²) in [6.45, 7) is 1.62. The van der Waals surface area contributed by atoms with Gasteiger partial charge in [0.1, 0.15) is 11.7 Å². The lowest BCUT2D eigenvalue weighted by Crippen LogP contribution is -2.17. The van der Waals surface area contributed by atoms with Gasteiger partial charge in [0.05, 0.1) is 11.3 Å². The molecule has 1 aromatic carbocycles. The first-order chi connectivity index (χ1) is 10.00. The molecule has 1 fully saturated rings. The van der Waals surface area contributed by atoms with Crippen molar-refractivity contribution in [1.82, 2.24) is 0 Å². The molecule has 110 valence electrons. The molecule has 0 spiro atoms. The van der Waals surface area contributed by atoms with Gasteiger partial charge in [-0.05, 0) is 17.7 Å². The summed E-state index contributed by atoms with van der Waals surface area (Å²) in [7, 11) is -3.49. The Kier molecular flexibility index (Phi) is 2.95. The Morgan fingerprint density at radius 1 is 1.43 bits per heavy atom. The Labute approximate surface area is 122 Å². The number of nitriles is 1. The van der Waals surface area contributed by atoms with E-state index < -0.39 is 26.4 Å². The van der Waals surface area contributed by atoms with Crippen LogP contribution < -0.4 is 9.47 Å². The number of rotatable bonds is 4. The molecule has 3 rings (SSSR count). The molecule has 3 atom stereocenters. The molecule has 21 heavy (non-hydrogen) atoms. The third-order valence-electron chi connectivity index (χ3n) is 4.11. The third-order valence-corrected chi connectivity index (χ3v) is 6.35. The zero-order valence-electron chi connectivity index (χ0n) is 11.3. The minimum absolute atomic E-state index is 0.101. The molecule has 1 heterocycles. The van der Waals surface area contributed by atoms with E-state index in [1.807, 2.05) is 6.07 Å². The number of aldehydes is 1. The fraction of sp³-hybridized carbons (Fsp3) is 0.429. The topological polar surface area (TPSA) is 93.5 Å². The second-order valence-electron chi connectivity index (χ2n) is 5.13. The molecule has 0 bridgehead atoms. The second kappa shape index (κ2) is 4.46. The highest BCUT2D eigenvalue weighted by molar-refractivity contribution is 7.92. The number of carbonyl (C=O) groups excluding carboxylic acids is 1. The second-order valence-corrected chi connectivity index (χ2v) is 7.54. The van der Waals surface area contributed by atoms with Crippen molar-refractivity contribution in [3.8, 4) is 17.6 Å². The number of sulfone groups is 1. The van der Waals surface area contributed by atoms with Crippen molar-refractivity contribution in [3.05, 3.63) is 23.8 Å². The molecule has 0 aromatic heterocycles. The zero-order chi connectivity index (χ0) is 15.3. The highest BCUT2D eigenvalue weighted by Crippen LogP contribution is 2.62. The fourth-order valence-corrected chi connectivity index (χ4v) is 4.84. The van der Waals surface area contributed by atoms with Crippen molar-refractivity contribution in [3.63, 3.8) is 0 Å². The maximum Gasteiger partial charge on any atom is 0.231 e. The van der Waals surface area contributed by atoms with Crippen molar-refractivity contribution in [1.29, 1.82) is 5.26 Å². The lowest BCUT2D eigenvalue weighted by molar-refractivity contribution is -0.110. The van der Waals surface area contributed by atoms with E-state index in [1.165, 1.54) is 6.92 Å². The molecule has 1 aliphatic heterocycles. The predicted octanol–water partition coefficient (Wildman–Crippen LogP) is 1.02. The molecule has 1 saturated carbocycles. The van der Waals surface area contributed by atoms with E-state index >= 15 is 0 Å². The van der Waals surface area contributed by atoms with Crippen LogP contribution in [0.3, 0.4) is 0 Å². The summed E-state index contributed by atoms with van der Waals surface area (Å²) in [5.74, 6) is 0.322. The molecule has 1 aromatic rings. The smallest absolute Gasteiger partial charge is 0.231 e. The van der Waals surface area contributed by atoms with Gasteiger partial charge in [-0.3, -0.25) is 0 Å². The van der Waals surface area contributed by atoms with Gasteiger partial charge in [0.15, 0.2) is 21.3 Å². The average molecular weight is 307 g/mol. The molecule has 7 heteroatoms. The Bertz CT molecular complexity index is 751. The van der Waals surface area contributed by atoms with E-state index in [0.29, 0.717) is 23.3 Å². The van der Waals surface area contributed by atoms with Crippen LogP contribution in [-0.4, -0.2) is 32.5 Å². The number of benzene rings is 1. The van der Waals surface area contributed by atoms with Gasteiger partial charge in [0.25, 0.3) is 0 Å². The maximum atomic E-state index is 12.1. The molecule has 0 saturated heterocycles. The largest absolute Gasteiger partial charge is 0.454 e. The minimum Gasteiger partial charge on any atom is -0.454 e. The van der Waals surface area contributed by atoms with Crippen LogP contribution in [0.5, 0.6) is 11.5 Å². The van der Waals surface area contributed by atoms with Crippen LogP contribution >= 0.6 is 0 Å². The van der Waals surface area contributed by atoms with E-state index in [4.69, 9.17) is 9.47 Å². The van der Waals surface area contributed by atoms with Gasteiger partial charge in [0.2, 0.25) is 6.79 Å². The Morgan fingerprint density at radius 3 is 2.76 bits per heavy atom. The summed E-state index contributed by atoms with van der Waals surface area (Å²) in [6, 6.07) is 6.88. The van der Waals surface area contributed by atoms with Crippen LogP contribution in [0.2, 0.25) is 0 Å². The summed E-state index contributed by atoms with van der Waals surface area (Å²) in [4.78, 5) is 11.4. The van der Waals surface area contributed by atoms with Crippen molar-refractivity contribution in [2.75, 3.05) is 12.5 Å². The number of hydrogen-bond acceptors (Lipinski definition) is 6. The minimum atomic E-state index is -3.49.